The first-order chi connectivity index (χ1) is 15.6. The molecule has 1 spiro atoms. The molecular formula is C25H34FN3O3S. The van der Waals surface area contributed by atoms with Crippen molar-refractivity contribution in [1.29, 1.82) is 0 Å². The maximum Gasteiger partial charge on any atom is 0.304 e. The lowest BCUT2D eigenvalue weighted by atomic mass is 9.82. The highest BCUT2D eigenvalue weighted by molar-refractivity contribution is 7.90. The van der Waals surface area contributed by atoms with Gasteiger partial charge in [-0.05, 0) is 69.0 Å². The summed E-state index contributed by atoms with van der Waals surface area (Å²) in [6, 6.07) is 14.3. The maximum absolute atomic E-state index is 14.0. The summed E-state index contributed by atoms with van der Waals surface area (Å²) in [4.78, 5) is 2.39. The smallest absolute Gasteiger partial charge is 0.304 e. The second kappa shape index (κ2) is 9.24. The zero-order valence-corrected chi connectivity index (χ0v) is 20.7. The summed E-state index contributed by atoms with van der Waals surface area (Å²) < 4.78 is 49.3. The Balaban J connectivity index is 1.54. The highest BCUT2D eigenvalue weighted by Gasteiger charge is 2.55. The van der Waals surface area contributed by atoms with Gasteiger partial charge in [0, 0.05) is 32.7 Å². The van der Waals surface area contributed by atoms with E-state index in [9.17, 15) is 12.8 Å². The molecule has 0 radical (unpaired) electrons. The van der Waals surface area contributed by atoms with Gasteiger partial charge in [-0.25, -0.2) is 4.39 Å². The summed E-state index contributed by atoms with van der Waals surface area (Å²) in [5.74, 6) is 0.446. The van der Waals surface area contributed by atoms with Gasteiger partial charge in [0.15, 0.2) is 0 Å². The van der Waals surface area contributed by atoms with Gasteiger partial charge in [0.05, 0.1) is 17.3 Å². The Kier molecular flexibility index (Phi) is 6.71. The first-order valence-electron chi connectivity index (χ1n) is 11.7. The summed E-state index contributed by atoms with van der Waals surface area (Å²) in [6.07, 6.45) is 2.48. The van der Waals surface area contributed by atoms with Gasteiger partial charge in [-0.1, -0.05) is 25.1 Å². The van der Waals surface area contributed by atoms with Crippen molar-refractivity contribution in [2.45, 2.75) is 64.3 Å². The van der Waals surface area contributed by atoms with E-state index in [-0.39, 0.29) is 12.1 Å². The topological polar surface area (TPSA) is 53.1 Å². The predicted octanol–water partition coefficient (Wildman–Crippen LogP) is 4.42. The van der Waals surface area contributed by atoms with Crippen LogP contribution in [-0.2, 0) is 16.8 Å². The Hall–Kier alpha value is -2.16. The molecule has 3 atom stereocenters. The lowest BCUT2D eigenvalue weighted by Gasteiger charge is -2.47. The van der Waals surface area contributed by atoms with Crippen LogP contribution in [-0.4, -0.2) is 55.4 Å². The molecule has 0 amide bonds. The van der Waals surface area contributed by atoms with Crippen LogP contribution in [0.3, 0.4) is 0 Å². The molecule has 2 aromatic rings. The monoisotopic (exact) mass is 475 g/mol. The number of anilines is 1. The first-order valence-corrected chi connectivity index (χ1v) is 13.1. The molecule has 2 aliphatic rings. The van der Waals surface area contributed by atoms with Gasteiger partial charge < -0.3 is 4.74 Å². The van der Waals surface area contributed by atoms with Crippen LogP contribution in [0.25, 0.3) is 0 Å². The summed E-state index contributed by atoms with van der Waals surface area (Å²) in [5, 5.41) is 0. The molecule has 2 heterocycles. The fourth-order valence-electron chi connectivity index (χ4n) is 5.14. The minimum Gasteiger partial charge on any atom is -0.491 e. The Morgan fingerprint density at radius 3 is 2.67 bits per heavy atom. The SMILES string of the molecule is CC[C@@H](C)Oc1cccc(CN2CC[C@@]3(C[C@@H]2C)CN(C)S(=O)(=O)N3c2cccc(F)c2)c1. The van der Waals surface area contributed by atoms with Gasteiger partial charge in [0.25, 0.3) is 0 Å². The number of piperidine rings is 1. The van der Waals surface area contributed by atoms with Crippen LogP contribution in [0.15, 0.2) is 48.5 Å². The second-order valence-electron chi connectivity index (χ2n) is 9.49. The summed E-state index contributed by atoms with van der Waals surface area (Å²) in [6.45, 7) is 8.26. The van der Waals surface area contributed by atoms with Crippen LogP contribution in [0, 0.1) is 5.82 Å². The number of halogens is 1. The molecule has 0 N–H and O–H groups in total. The standard InChI is InChI=1S/C25H34FN3O3S/c1-5-20(3)32-24-11-6-8-21(14-24)17-28-13-12-25(16-19(28)2)18-27(4)33(30,31)29(25)23-10-7-9-22(26)15-23/h6-11,14-15,19-20H,5,12-13,16-18H2,1-4H3/t19-,20+,25+/m0/s1. The molecule has 180 valence electrons. The lowest BCUT2D eigenvalue weighted by molar-refractivity contribution is 0.100. The zero-order chi connectivity index (χ0) is 23.8. The number of hydrogen-bond donors (Lipinski definition) is 0. The van der Waals surface area contributed by atoms with Crippen LogP contribution >= 0.6 is 0 Å². The predicted molar refractivity (Wildman–Crippen MR) is 129 cm³/mol. The minimum absolute atomic E-state index is 0.163. The van der Waals surface area contributed by atoms with Gasteiger partial charge in [0.2, 0.25) is 0 Å². The zero-order valence-electron chi connectivity index (χ0n) is 19.9. The van der Waals surface area contributed by atoms with E-state index in [4.69, 9.17) is 4.74 Å². The number of likely N-dealkylation sites (N-methyl/N-ethyl adjacent to an activating group) is 1. The van der Waals surface area contributed by atoms with E-state index in [1.165, 1.54) is 26.3 Å². The number of likely N-dealkylation sites (tertiary alicyclic amines) is 1. The fourth-order valence-corrected chi connectivity index (χ4v) is 6.91. The van der Waals surface area contributed by atoms with Gasteiger partial charge in [-0.15, -0.1) is 0 Å². The highest BCUT2D eigenvalue weighted by Crippen LogP contribution is 2.44. The van der Waals surface area contributed by atoms with Gasteiger partial charge >= 0.3 is 10.2 Å². The van der Waals surface area contributed by atoms with E-state index in [1.54, 1.807) is 19.2 Å². The average Bonchev–Trinajstić information content (AvgIpc) is 2.95. The van der Waals surface area contributed by atoms with E-state index in [0.717, 1.165) is 25.3 Å². The molecular weight excluding hydrogens is 441 g/mol. The lowest BCUT2D eigenvalue weighted by Crippen LogP contribution is -2.57. The van der Waals surface area contributed by atoms with Crippen molar-refractivity contribution in [3.05, 3.63) is 59.9 Å². The molecule has 0 bridgehead atoms. The quantitative estimate of drug-likeness (QED) is 0.621. The summed E-state index contributed by atoms with van der Waals surface area (Å²) in [7, 11) is -2.09. The first kappa shape index (κ1) is 24.0. The van der Waals surface area contributed by atoms with Crippen LogP contribution in [0.5, 0.6) is 5.75 Å². The molecule has 0 saturated carbocycles. The van der Waals surface area contributed by atoms with E-state index >= 15 is 0 Å². The van der Waals surface area contributed by atoms with E-state index in [2.05, 4.69) is 37.8 Å². The molecule has 4 rings (SSSR count). The Morgan fingerprint density at radius 1 is 1.21 bits per heavy atom. The third-order valence-corrected chi connectivity index (χ3v) is 8.95. The third-order valence-electron chi connectivity index (χ3n) is 6.97. The average molecular weight is 476 g/mol. The van der Waals surface area contributed by atoms with E-state index < -0.39 is 21.6 Å². The van der Waals surface area contributed by atoms with Gasteiger partial charge in [-0.2, -0.15) is 12.7 Å². The molecule has 2 aliphatic heterocycles. The van der Waals surface area contributed by atoms with E-state index in [1.807, 2.05) is 12.1 Å². The molecule has 2 aromatic carbocycles. The Labute approximate surface area is 197 Å². The Bertz CT molecular complexity index is 1100. The van der Waals surface area contributed by atoms with Gasteiger partial charge in [0.1, 0.15) is 11.6 Å². The summed E-state index contributed by atoms with van der Waals surface area (Å²) in [5.41, 5.74) is 0.991. The third kappa shape index (κ3) is 4.74. The molecule has 0 aromatic heterocycles. The van der Waals surface area contributed by atoms with Crippen LogP contribution in [0.4, 0.5) is 10.1 Å². The van der Waals surface area contributed by atoms with Gasteiger partial charge in [-0.3, -0.25) is 9.21 Å². The molecule has 2 saturated heterocycles. The van der Waals surface area contributed by atoms with E-state index in [0.29, 0.717) is 25.1 Å². The number of benzene rings is 2. The van der Waals surface area contributed by atoms with Crippen molar-refractivity contribution >= 4 is 15.9 Å². The molecule has 6 nitrogen and oxygen atoms in total. The molecule has 8 heteroatoms. The molecule has 0 unspecified atom stereocenters. The van der Waals surface area contributed by atoms with Crippen molar-refractivity contribution in [1.82, 2.24) is 9.21 Å². The molecule has 33 heavy (non-hydrogen) atoms. The van der Waals surface area contributed by atoms with Crippen LogP contribution in [0.2, 0.25) is 0 Å². The maximum atomic E-state index is 14.0. The van der Waals surface area contributed by atoms with Crippen LogP contribution < -0.4 is 9.04 Å². The van der Waals surface area contributed by atoms with Crippen molar-refractivity contribution in [2.75, 3.05) is 24.4 Å². The van der Waals surface area contributed by atoms with Crippen molar-refractivity contribution < 1.29 is 17.5 Å². The summed E-state index contributed by atoms with van der Waals surface area (Å²) >= 11 is 0. The number of nitrogens with zero attached hydrogens (tertiary/aromatic N) is 3. The number of rotatable bonds is 6. The molecule has 0 aliphatic carbocycles. The van der Waals surface area contributed by atoms with Crippen molar-refractivity contribution in [3.8, 4) is 5.75 Å². The van der Waals surface area contributed by atoms with Crippen LogP contribution in [0.1, 0.15) is 45.6 Å². The number of ether oxygens (including phenoxy) is 1. The van der Waals surface area contributed by atoms with Crippen molar-refractivity contribution in [2.24, 2.45) is 0 Å². The minimum atomic E-state index is -3.70. The largest absolute Gasteiger partial charge is 0.491 e. The van der Waals surface area contributed by atoms with Crippen molar-refractivity contribution in [3.63, 3.8) is 0 Å². The Morgan fingerprint density at radius 2 is 1.97 bits per heavy atom. The molecule has 2 fully saturated rings. The second-order valence-corrected chi connectivity index (χ2v) is 11.4. The fraction of sp³-hybridized carbons (Fsp3) is 0.520. The normalized spacial score (nSPS) is 26.6. The number of hydrogen-bond acceptors (Lipinski definition) is 4. The highest BCUT2D eigenvalue weighted by atomic mass is 32.2.